The van der Waals surface area contributed by atoms with Gasteiger partial charge in [0.05, 0.1) is 13.2 Å². The van der Waals surface area contributed by atoms with Crippen molar-refractivity contribution < 1.29 is 38.9 Å². The van der Waals surface area contributed by atoms with Gasteiger partial charge in [-0.05, 0) is 61.7 Å². The molecule has 0 aromatic heterocycles. The lowest BCUT2D eigenvalue weighted by molar-refractivity contribution is -0.124. The minimum absolute atomic E-state index is 0.0954. The van der Waals surface area contributed by atoms with E-state index < -0.39 is 24.2 Å². The van der Waals surface area contributed by atoms with Crippen LogP contribution in [0.1, 0.15) is 41.8 Å². The molecule has 0 unspecified atom stereocenters. The Bertz CT molecular complexity index is 1020. The highest BCUT2D eigenvalue weighted by molar-refractivity contribution is 5.95. The smallest absolute Gasteiger partial charge is 0.412 e. The number of ether oxygens (including phenoxy) is 3. The third kappa shape index (κ3) is 7.61. The van der Waals surface area contributed by atoms with Crippen LogP contribution in [0.15, 0.2) is 54.6 Å². The monoisotopic (exact) mass is 472 g/mol. The fourth-order valence-corrected chi connectivity index (χ4v) is 3.17. The molecule has 2 atom stereocenters. The van der Waals surface area contributed by atoms with Crippen molar-refractivity contribution in [1.82, 2.24) is 5.48 Å². The minimum atomic E-state index is -0.918. The molecule has 182 valence electrons. The highest BCUT2D eigenvalue weighted by atomic mass is 16.6. The molecule has 2 rings (SSSR count). The van der Waals surface area contributed by atoms with Crippen LogP contribution in [-0.2, 0) is 14.3 Å². The van der Waals surface area contributed by atoms with E-state index in [0.717, 1.165) is 0 Å². The average Bonchev–Trinajstić information content (AvgIpc) is 2.83. The molecule has 4 N–H and O–H groups in total. The number of nitrogens with one attached hydrogen (secondary N) is 2. The molecule has 0 aliphatic heterocycles. The van der Waals surface area contributed by atoms with E-state index in [1.165, 1.54) is 50.9 Å². The average molecular weight is 472 g/mol. The lowest BCUT2D eigenvalue weighted by Crippen LogP contribution is -2.28. The summed E-state index contributed by atoms with van der Waals surface area (Å²) in [5, 5.41) is 21.4. The molecule has 2 aromatic carbocycles. The van der Waals surface area contributed by atoms with E-state index in [0.29, 0.717) is 29.7 Å². The number of hydroxylamine groups is 1. The number of carbonyl (C=O) groups is 3. The lowest BCUT2D eigenvalue weighted by Gasteiger charge is -2.26. The Labute approximate surface area is 197 Å². The Hall–Kier alpha value is -3.89. The topological polar surface area (TPSA) is 143 Å². The number of phenolic OH excluding ortho intramolecular Hbond substituents is 1. The van der Waals surface area contributed by atoms with E-state index in [1.807, 2.05) is 0 Å². The fourth-order valence-electron chi connectivity index (χ4n) is 3.17. The Kier molecular flexibility index (Phi) is 10.1. The van der Waals surface area contributed by atoms with Crippen LogP contribution < -0.4 is 15.5 Å². The van der Waals surface area contributed by atoms with Gasteiger partial charge in [-0.1, -0.05) is 12.1 Å². The molecule has 0 saturated carbocycles. The van der Waals surface area contributed by atoms with Gasteiger partial charge in [0.1, 0.15) is 0 Å². The van der Waals surface area contributed by atoms with E-state index in [9.17, 15) is 19.5 Å². The number of anilines is 1. The van der Waals surface area contributed by atoms with Crippen LogP contribution in [0.4, 0.5) is 10.5 Å². The van der Waals surface area contributed by atoms with Gasteiger partial charge in [0.25, 0.3) is 5.91 Å². The first-order chi connectivity index (χ1) is 16.3. The SMILES string of the molecule is COc1ccc([C@@H](OC(=O)Nc2ccc(C(C)=O)cc2)[C@@H](CC/C=C/C(=O)NO)OC)cc1O. The first-order valence-corrected chi connectivity index (χ1v) is 10.4. The number of hydrogen-bond acceptors (Lipinski definition) is 8. The zero-order valence-corrected chi connectivity index (χ0v) is 19.1. The highest BCUT2D eigenvalue weighted by Gasteiger charge is 2.28. The van der Waals surface area contributed by atoms with Gasteiger partial charge in [0.2, 0.25) is 0 Å². The van der Waals surface area contributed by atoms with Crippen molar-refractivity contribution in [3.8, 4) is 11.5 Å². The zero-order valence-electron chi connectivity index (χ0n) is 19.1. The van der Waals surface area contributed by atoms with Crippen molar-refractivity contribution in [3.05, 3.63) is 65.7 Å². The van der Waals surface area contributed by atoms with E-state index in [2.05, 4.69) is 5.32 Å². The second-order valence-electron chi connectivity index (χ2n) is 7.25. The van der Waals surface area contributed by atoms with Gasteiger partial charge >= 0.3 is 6.09 Å². The van der Waals surface area contributed by atoms with Crippen molar-refractivity contribution in [2.24, 2.45) is 0 Å². The summed E-state index contributed by atoms with van der Waals surface area (Å²) in [6.45, 7) is 1.45. The van der Waals surface area contributed by atoms with Gasteiger partial charge < -0.3 is 19.3 Å². The maximum Gasteiger partial charge on any atom is 0.412 e. The van der Waals surface area contributed by atoms with E-state index in [-0.39, 0.29) is 17.3 Å². The second-order valence-corrected chi connectivity index (χ2v) is 7.25. The van der Waals surface area contributed by atoms with Gasteiger partial charge in [-0.3, -0.25) is 20.1 Å². The zero-order chi connectivity index (χ0) is 25.1. The van der Waals surface area contributed by atoms with Gasteiger partial charge in [0.15, 0.2) is 23.4 Å². The number of phenols is 1. The standard InChI is InChI=1S/C24H28N2O8/c1-15(27)16-8-11-18(12-9-16)25-24(30)34-23(17-10-13-20(32-2)19(28)14-17)21(33-3)6-4-5-7-22(29)26-31/h5,7-14,21,23,28,31H,4,6H2,1-3H3,(H,25,30)(H,26,29)/b7-5+/t21-,23-/m1/s1. The number of Topliss-reactive ketones (excluding diaryl/α,β-unsaturated/α-hetero) is 1. The van der Waals surface area contributed by atoms with Crippen molar-refractivity contribution in [2.45, 2.75) is 32.0 Å². The van der Waals surface area contributed by atoms with E-state index in [1.54, 1.807) is 30.3 Å². The summed E-state index contributed by atoms with van der Waals surface area (Å²) in [6, 6.07) is 10.9. The summed E-state index contributed by atoms with van der Waals surface area (Å²) in [5.74, 6) is -0.647. The molecular formula is C24H28N2O8. The van der Waals surface area contributed by atoms with Crippen LogP contribution in [0.3, 0.4) is 0 Å². The second kappa shape index (κ2) is 13.0. The minimum Gasteiger partial charge on any atom is -0.504 e. The molecule has 0 aliphatic carbocycles. The summed E-state index contributed by atoms with van der Waals surface area (Å²) in [5.41, 5.74) is 2.90. The maximum absolute atomic E-state index is 12.7. The number of allylic oxidation sites excluding steroid dienone is 1. The molecule has 0 spiro atoms. The Morgan fingerprint density at radius 1 is 1.09 bits per heavy atom. The lowest BCUT2D eigenvalue weighted by atomic mass is 9.99. The third-order valence-electron chi connectivity index (χ3n) is 4.94. The molecule has 10 heteroatoms. The molecule has 0 fully saturated rings. The summed E-state index contributed by atoms with van der Waals surface area (Å²) < 4.78 is 16.3. The third-order valence-corrected chi connectivity index (χ3v) is 4.94. The first kappa shape index (κ1) is 26.4. The molecule has 34 heavy (non-hydrogen) atoms. The van der Waals surface area contributed by atoms with Crippen LogP contribution in [0, 0.1) is 0 Å². The predicted octanol–water partition coefficient (Wildman–Crippen LogP) is 3.75. The van der Waals surface area contributed by atoms with Crippen molar-refractivity contribution in [3.63, 3.8) is 0 Å². The largest absolute Gasteiger partial charge is 0.504 e. The molecule has 2 aromatic rings. The van der Waals surface area contributed by atoms with Gasteiger partial charge in [0, 0.05) is 24.4 Å². The van der Waals surface area contributed by atoms with Gasteiger partial charge in [-0.25, -0.2) is 10.3 Å². The van der Waals surface area contributed by atoms with Crippen LogP contribution in [0.25, 0.3) is 0 Å². The molecule has 0 bridgehead atoms. The normalized spacial score (nSPS) is 12.6. The number of methoxy groups -OCH3 is 2. The van der Waals surface area contributed by atoms with E-state index in [4.69, 9.17) is 19.4 Å². The van der Waals surface area contributed by atoms with Crippen LogP contribution >= 0.6 is 0 Å². The molecular weight excluding hydrogens is 444 g/mol. The van der Waals surface area contributed by atoms with Crippen molar-refractivity contribution in [2.75, 3.05) is 19.5 Å². The van der Waals surface area contributed by atoms with Crippen molar-refractivity contribution >= 4 is 23.5 Å². The maximum atomic E-state index is 12.7. The first-order valence-electron chi connectivity index (χ1n) is 10.4. The van der Waals surface area contributed by atoms with E-state index >= 15 is 0 Å². The summed E-state index contributed by atoms with van der Waals surface area (Å²) >= 11 is 0. The number of carbonyl (C=O) groups excluding carboxylic acids is 3. The number of ketones is 1. The fraction of sp³-hybridized carbons (Fsp3) is 0.292. The predicted molar refractivity (Wildman–Crippen MR) is 123 cm³/mol. The van der Waals surface area contributed by atoms with Crippen LogP contribution in [0.5, 0.6) is 11.5 Å². The summed E-state index contributed by atoms with van der Waals surface area (Å²) in [6.07, 6.45) is 1.11. The summed E-state index contributed by atoms with van der Waals surface area (Å²) in [4.78, 5) is 35.2. The molecule has 10 nitrogen and oxygen atoms in total. The Balaban J connectivity index is 2.21. The molecule has 0 saturated heterocycles. The molecule has 0 heterocycles. The molecule has 2 amide bonds. The number of aromatic hydroxyl groups is 1. The van der Waals surface area contributed by atoms with Crippen molar-refractivity contribution in [1.29, 1.82) is 0 Å². The molecule has 0 aliphatic rings. The number of benzene rings is 2. The van der Waals surface area contributed by atoms with Gasteiger partial charge in [-0.2, -0.15) is 0 Å². The highest BCUT2D eigenvalue weighted by Crippen LogP contribution is 2.33. The number of rotatable bonds is 11. The molecule has 0 radical (unpaired) electrons. The Morgan fingerprint density at radius 2 is 1.79 bits per heavy atom. The van der Waals surface area contributed by atoms with Crippen LogP contribution in [0.2, 0.25) is 0 Å². The number of hydrogen-bond donors (Lipinski definition) is 4. The summed E-state index contributed by atoms with van der Waals surface area (Å²) in [7, 11) is 2.87. The quantitative estimate of drug-likeness (QED) is 0.168. The van der Waals surface area contributed by atoms with Gasteiger partial charge in [-0.15, -0.1) is 0 Å². The number of amides is 2. The van der Waals surface area contributed by atoms with Crippen LogP contribution in [-0.4, -0.2) is 48.4 Å². The Morgan fingerprint density at radius 3 is 2.35 bits per heavy atom.